The van der Waals surface area contributed by atoms with Gasteiger partial charge in [0.25, 0.3) is 0 Å². The molecule has 1 aliphatic heterocycles. The van der Waals surface area contributed by atoms with Crippen molar-refractivity contribution >= 4 is 12.0 Å². The number of aromatic nitrogens is 2. The van der Waals surface area contributed by atoms with Crippen LogP contribution in [-0.2, 0) is 18.3 Å². The van der Waals surface area contributed by atoms with Crippen LogP contribution in [0.1, 0.15) is 25.0 Å². The number of carboxylic acids is 1. The zero-order valence-electron chi connectivity index (χ0n) is 12.3. The topological polar surface area (TPSA) is 87.5 Å². The van der Waals surface area contributed by atoms with Crippen molar-refractivity contribution in [3.05, 3.63) is 18.0 Å². The Morgan fingerprint density at radius 1 is 1.52 bits per heavy atom. The number of aryl methyl sites for hydroxylation is 1. The maximum Gasteiger partial charge on any atom is 0.317 e. The molecule has 2 N–H and O–H groups in total. The Bertz CT molecular complexity index is 500. The molecule has 1 saturated heterocycles. The van der Waals surface area contributed by atoms with E-state index in [0.29, 0.717) is 32.0 Å². The van der Waals surface area contributed by atoms with Gasteiger partial charge in [0.15, 0.2) is 0 Å². The Balaban J connectivity index is 1.67. The van der Waals surface area contributed by atoms with Gasteiger partial charge in [-0.15, -0.1) is 0 Å². The first-order chi connectivity index (χ1) is 10.1. The molecule has 7 nitrogen and oxygen atoms in total. The van der Waals surface area contributed by atoms with Gasteiger partial charge in [-0.3, -0.25) is 9.48 Å². The lowest BCUT2D eigenvalue weighted by Gasteiger charge is -2.17. The highest BCUT2D eigenvalue weighted by Crippen LogP contribution is 2.20. The van der Waals surface area contributed by atoms with Gasteiger partial charge in [0, 0.05) is 51.4 Å². The predicted octanol–water partition coefficient (Wildman–Crippen LogP) is 0.859. The maximum absolute atomic E-state index is 12.0. The second-order valence-electron chi connectivity index (χ2n) is 5.46. The SMILES string of the molecule is Cn1nccc1CCNC(=O)N1CCC(CCC(=O)O)C1. The second kappa shape index (κ2) is 7.10. The summed E-state index contributed by atoms with van der Waals surface area (Å²) in [6, 6.07) is 1.87. The van der Waals surface area contributed by atoms with Crippen molar-refractivity contribution in [2.24, 2.45) is 13.0 Å². The van der Waals surface area contributed by atoms with E-state index in [1.54, 1.807) is 15.8 Å². The van der Waals surface area contributed by atoms with Crippen molar-refractivity contribution in [2.75, 3.05) is 19.6 Å². The van der Waals surface area contributed by atoms with Gasteiger partial charge >= 0.3 is 12.0 Å². The highest BCUT2D eigenvalue weighted by molar-refractivity contribution is 5.74. The molecule has 2 amide bonds. The average Bonchev–Trinajstić information content (AvgIpc) is 3.06. The molecule has 1 aliphatic rings. The van der Waals surface area contributed by atoms with Crippen LogP contribution >= 0.6 is 0 Å². The van der Waals surface area contributed by atoms with Gasteiger partial charge in [-0.05, 0) is 24.8 Å². The Hall–Kier alpha value is -2.05. The molecule has 21 heavy (non-hydrogen) atoms. The molecule has 1 aromatic rings. The van der Waals surface area contributed by atoms with E-state index < -0.39 is 5.97 Å². The Labute approximate surface area is 123 Å². The van der Waals surface area contributed by atoms with Crippen molar-refractivity contribution < 1.29 is 14.7 Å². The number of urea groups is 1. The van der Waals surface area contributed by atoms with Crippen molar-refractivity contribution in [2.45, 2.75) is 25.7 Å². The summed E-state index contributed by atoms with van der Waals surface area (Å²) in [5.41, 5.74) is 1.08. The predicted molar refractivity (Wildman–Crippen MR) is 76.9 cm³/mol. The number of hydrogen-bond acceptors (Lipinski definition) is 3. The molecule has 2 heterocycles. The molecule has 2 rings (SSSR count). The number of likely N-dealkylation sites (tertiary alicyclic amines) is 1. The normalized spacial score (nSPS) is 18.0. The number of nitrogens with one attached hydrogen (secondary N) is 1. The van der Waals surface area contributed by atoms with Crippen LogP contribution in [-0.4, -0.2) is 51.4 Å². The highest BCUT2D eigenvalue weighted by Gasteiger charge is 2.26. The van der Waals surface area contributed by atoms with Gasteiger partial charge in [0.05, 0.1) is 0 Å². The van der Waals surface area contributed by atoms with Gasteiger partial charge in [-0.1, -0.05) is 0 Å². The lowest BCUT2D eigenvalue weighted by atomic mass is 10.0. The summed E-state index contributed by atoms with van der Waals surface area (Å²) in [7, 11) is 1.88. The highest BCUT2D eigenvalue weighted by atomic mass is 16.4. The minimum atomic E-state index is -0.769. The largest absolute Gasteiger partial charge is 0.481 e. The number of aliphatic carboxylic acids is 1. The Kier molecular flexibility index (Phi) is 5.19. The summed E-state index contributed by atoms with van der Waals surface area (Å²) in [6.45, 7) is 1.95. The summed E-state index contributed by atoms with van der Waals surface area (Å²) in [4.78, 5) is 24.3. The molecule has 0 aromatic carbocycles. The van der Waals surface area contributed by atoms with Crippen LogP contribution in [0.5, 0.6) is 0 Å². The molecule has 1 aromatic heterocycles. The molecule has 0 aliphatic carbocycles. The first-order valence-electron chi connectivity index (χ1n) is 7.27. The van der Waals surface area contributed by atoms with Gasteiger partial charge < -0.3 is 15.3 Å². The number of nitrogens with zero attached hydrogens (tertiary/aromatic N) is 3. The van der Waals surface area contributed by atoms with Crippen LogP contribution in [0.2, 0.25) is 0 Å². The fraction of sp³-hybridized carbons (Fsp3) is 0.643. The lowest BCUT2D eigenvalue weighted by Crippen LogP contribution is -2.39. The molecule has 0 bridgehead atoms. The first-order valence-corrected chi connectivity index (χ1v) is 7.27. The molecule has 7 heteroatoms. The Morgan fingerprint density at radius 2 is 2.33 bits per heavy atom. The summed E-state index contributed by atoms with van der Waals surface area (Å²) in [6.07, 6.45) is 4.21. The standard InChI is InChI=1S/C14H22N4O3/c1-17-12(5-8-16-17)4-7-15-14(21)18-9-6-11(10-18)2-3-13(19)20/h5,8,11H,2-4,6-7,9-10H2,1H3,(H,15,21)(H,19,20). The molecule has 1 unspecified atom stereocenters. The molecular weight excluding hydrogens is 272 g/mol. The zero-order valence-corrected chi connectivity index (χ0v) is 12.3. The van der Waals surface area contributed by atoms with E-state index in [-0.39, 0.29) is 12.5 Å². The monoisotopic (exact) mass is 294 g/mol. The smallest absolute Gasteiger partial charge is 0.317 e. The fourth-order valence-electron chi connectivity index (χ4n) is 2.64. The van der Waals surface area contributed by atoms with Crippen LogP contribution in [0.4, 0.5) is 4.79 Å². The van der Waals surface area contributed by atoms with Gasteiger partial charge in [-0.25, -0.2) is 4.79 Å². The molecule has 0 spiro atoms. The van der Waals surface area contributed by atoms with Crippen molar-refractivity contribution in [1.82, 2.24) is 20.0 Å². The van der Waals surface area contributed by atoms with Gasteiger partial charge in [-0.2, -0.15) is 5.10 Å². The second-order valence-corrected chi connectivity index (χ2v) is 5.46. The third kappa shape index (κ3) is 4.47. The van der Waals surface area contributed by atoms with E-state index in [4.69, 9.17) is 5.11 Å². The van der Waals surface area contributed by atoms with Crippen LogP contribution in [0.25, 0.3) is 0 Å². The Morgan fingerprint density at radius 3 is 3.00 bits per heavy atom. The third-order valence-corrected chi connectivity index (χ3v) is 3.92. The van der Waals surface area contributed by atoms with Crippen LogP contribution in [0, 0.1) is 5.92 Å². The molecular formula is C14H22N4O3. The molecule has 116 valence electrons. The van der Waals surface area contributed by atoms with E-state index in [2.05, 4.69) is 10.4 Å². The number of rotatable bonds is 6. The average molecular weight is 294 g/mol. The number of carbonyl (C=O) groups excluding carboxylic acids is 1. The van der Waals surface area contributed by atoms with Crippen LogP contribution < -0.4 is 5.32 Å². The third-order valence-electron chi connectivity index (χ3n) is 3.92. The number of amides is 2. The number of carbonyl (C=O) groups is 2. The van der Waals surface area contributed by atoms with Crippen molar-refractivity contribution in [1.29, 1.82) is 0 Å². The van der Waals surface area contributed by atoms with E-state index in [1.165, 1.54) is 0 Å². The molecule has 1 atom stereocenters. The summed E-state index contributed by atoms with van der Waals surface area (Å²) >= 11 is 0. The molecule has 1 fully saturated rings. The van der Waals surface area contributed by atoms with Crippen molar-refractivity contribution in [3.8, 4) is 0 Å². The van der Waals surface area contributed by atoms with E-state index in [9.17, 15) is 9.59 Å². The quantitative estimate of drug-likeness (QED) is 0.814. The van der Waals surface area contributed by atoms with Gasteiger partial charge in [0.1, 0.15) is 0 Å². The maximum atomic E-state index is 12.0. The minimum absolute atomic E-state index is 0.0602. The minimum Gasteiger partial charge on any atom is -0.481 e. The summed E-state index contributed by atoms with van der Waals surface area (Å²) < 4.78 is 1.80. The first kappa shape index (κ1) is 15.3. The molecule has 0 radical (unpaired) electrons. The lowest BCUT2D eigenvalue weighted by molar-refractivity contribution is -0.137. The summed E-state index contributed by atoms with van der Waals surface area (Å²) in [5.74, 6) is -0.460. The van der Waals surface area contributed by atoms with Gasteiger partial charge in [0.2, 0.25) is 0 Å². The van der Waals surface area contributed by atoms with E-state index >= 15 is 0 Å². The molecule has 0 saturated carbocycles. The number of hydrogen-bond donors (Lipinski definition) is 2. The van der Waals surface area contributed by atoms with Crippen molar-refractivity contribution in [3.63, 3.8) is 0 Å². The fourth-order valence-corrected chi connectivity index (χ4v) is 2.64. The zero-order chi connectivity index (χ0) is 15.2. The summed E-state index contributed by atoms with van der Waals surface area (Å²) in [5, 5.41) is 15.7. The van der Waals surface area contributed by atoms with Crippen LogP contribution in [0.3, 0.4) is 0 Å². The van der Waals surface area contributed by atoms with Crippen LogP contribution in [0.15, 0.2) is 12.3 Å². The number of carboxylic acid groups (broad SMARTS) is 1. The van der Waals surface area contributed by atoms with E-state index in [1.807, 2.05) is 13.1 Å². The van der Waals surface area contributed by atoms with E-state index in [0.717, 1.165) is 18.5 Å².